The van der Waals surface area contributed by atoms with Crippen LogP contribution in [0.2, 0.25) is 0 Å². The van der Waals surface area contributed by atoms with Crippen molar-refractivity contribution in [2.45, 2.75) is 32.7 Å². The van der Waals surface area contributed by atoms with Gasteiger partial charge >= 0.3 is 5.97 Å². The normalized spacial score (nSPS) is 17.6. The fourth-order valence-corrected chi connectivity index (χ4v) is 6.02. The van der Waals surface area contributed by atoms with Crippen LogP contribution in [-0.2, 0) is 9.53 Å². The Balaban J connectivity index is 1.60. The van der Waals surface area contributed by atoms with Crippen LogP contribution < -0.4 is 24.7 Å². The number of hydrogen-bond donors (Lipinski definition) is 0. The molecule has 0 bridgehead atoms. The highest BCUT2D eigenvalue weighted by molar-refractivity contribution is 7.07. The fraction of sp³-hybridized carbons (Fsp3) is 0.345. The van der Waals surface area contributed by atoms with Crippen molar-refractivity contribution in [1.82, 2.24) is 4.57 Å². The van der Waals surface area contributed by atoms with Gasteiger partial charge in [0.1, 0.15) is 0 Å². The number of carbonyl (C=O) groups excluding carboxylic acids is 1. The molecule has 0 saturated carbocycles. The fourth-order valence-electron chi connectivity index (χ4n) is 4.97. The van der Waals surface area contributed by atoms with Crippen LogP contribution in [0.5, 0.6) is 0 Å². The van der Waals surface area contributed by atoms with Gasteiger partial charge in [0.25, 0.3) is 5.56 Å². The summed E-state index contributed by atoms with van der Waals surface area (Å²) >= 11 is 1.35. The van der Waals surface area contributed by atoms with Crippen LogP contribution >= 0.6 is 11.3 Å². The molecule has 0 radical (unpaired) electrons. The average Bonchev–Trinajstić information content (AvgIpc) is 3.53. The molecule has 0 aliphatic carbocycles. The first-order chi connectivity index (χ1) is 17.9. The second kappa shape index (κ2) is 10.4. The molecule has 2 aromatic carbocycles. The Morgan fingerprint density at radius 1 is 1.11 bits per heavy atom. The largest absolute Gasteiger partial charge is 0.463 e. The van der Waals surface area contributed by atoms with Crippen molar-refractivity contribution in [3.8, 4) is 0 Å². The number of anilines is 2. The van der Waals surface area contributed by atoms with Crippen molar-refractivity contribution < 1.29 is 9.53 Å². The van der Waals surface area contributed by atoms with E-state index in [1.54, 1.807) is 11.5 Å². The van der Waals surface area contributed by atoms with E-state index >= 15 is 0 Å². The molecule has 0 N–H and O–H groups in total. The first-order valence-corrected chi connectivity index (χ1v) is 13.5. The molecule has 2 aliphatic rings. The third-order valence-corrected chi connectivity index (χ3v) is 7.89. The lowest BCUT2D eigenvalue weighted by Gasteiger charge is -2.25. The molecule has 192 valence electrons. The predicted octanol–water partition coefficient (Wildman–Crippen LogP) is 3.46. The maximum Gasteiger partial charge on any atom is 0.338 e. The molecule has 0 unspecified atom stereocenters. The number of rotatable bonds is 6. The van der Waals surface area contributed by atoms with Gasteiger partial charge in [0.05, 0.1) is 28.5 Å². The van der Waals surface area contributed by atoms with E-state index in [1.807, 2.05) is 56.3 Å². The van der Waals surface area contributed by atoms with E-state index in [0.717, 1.165) is 29.9 Å². The standard InChI is InChI=1S/C29H32N4O3S/c1-5-36-28(35)25-19(2)30-29-33(26(25)21-10-14-22(15-11-21)31(3)4)27(34)24(37-29)18-20-8-12-23(13-9-20)32-16-6-7-17-32/h8-15,18,26H,5-7,16-17H2,1-4H3/b24-18+/t26-/m1/s1. The number of fused-ring (bicyclic) bond motifs is 1. The quantitative estimate of drug-likeness (QED) is 0.470. The average molecular weight is 517 g/mol. The van der Waals surface area contributed by atoms with Gasteiger partial charge in [0.15, 0.2) is 4.80 Å². The van der Waals surface area contributed by atoms with Crippen LogP contribution in [0.4, 0.5) is 11.4 Å². The van der Waals surface area contributed by atoms with Crippen molar-refractivity contribution in [3.63, 3.8) is 0 Å². The summed E-state index contributed by atoms with van der Waals surface area (Å²) in [4.78, 5) is 36.5. The lowest BCUT2D eigenvalue weighted by atomic mass is 9.95. The topological polar surface area (TPSA) is 67.1 Å². The Labute approximate surface area is 220 Å². The van der Waals surface area contributed by atoms with Crippen molar-refractivity contribution in [2.75, 3.05) is 43.6 Å². The molecular formula is C29H32N4O3S. The van der Waals surface area contributed by atoms with Crippen LogP contribution in [0.1, 0.15) is 43.9 Å². The van der Waals surface area contributed by atoms with E-state index in [4.69, 9.17) is 4.74 Å². The smallest absolute Gasteiger partial charge is 0.338 e. The molecule has 3 aromatic rings. The van der Waals surface area contributed by atoms with Crippen molar-refractivity contribution in [2.24, 2.45) is 4.99 Å². The first-order valence-electron chi connectivity index (χ1n) is 12.7. The predicted molar refractivity (Wildman–Crippen MR) is 149 cm³/mol. The van der Waals surface area contributed by atoms with E-state index < -0.39 is 12.0 Å². The Kier molecular flexibility index (Phi) is 7.02. The van der Waals surface area contributed by atoms with E-state index in [1.165, 1.54) is 29.9 Å². The van der Waals surface area contributed by atoms with Gasteiger partial charge in [-0.3, -0.25) is 9.36 Å². The van der Waals surface area contributed by atoms with Crippen molar-refractivity contribution in [3.05, 3.63) is 90.6 Å². The number of aromatic nitrogens is 1. The lowest BCUT2D eigenvalue weighted by Crippen LogP contribution is -2.39. The summed E-state index contributed by atoms with van der Waals surface area (Å²) in [6.45, 7) is 6.02. The van der Waals surface area contributed by atoms with E-state index in [0.29, 0.717) is 20.6 Å². The molecule has 37 heavy (non-hydrogen) atoms. The zero-order valence-corrected chi connectivity index (χ0v) is 22.5. The number of esters is 1. The maximum atomic E-state index is 13.8. The monoisotopic (exact) mass is 516 g/mol. The molecule has 0 amide bonds. The summed E-state index contributed by atoms with van der Waals surface area (Å²) in [5, 5.41) is 0. The molecule has 3 heterocycles. The summed E-state index contributed by atoms with van der Waals surface area (Å²) in [6.07, 6.45) is 4.37. The van der Waals surface area contributed by atoms with Gasteiger partial charge < -0.3 is 14.5 Å². The Hall–Kier alpha value is -3.65. The number of ether oxygens (including phenoxy) is 1. The van der Waals surface area contributed by atoms with Gasteiger partial charge in [0.2, 0.25) is 0 Å². The van der Waals surface area contributed by atoms with E-state index in [-0.39, 0.29) is 12.2 Å². The van der Waals surface area contributed by atoms with Gasteiger partial charge in [-0.2, -0.15) is 0 Å². The molecule has 0 spiro atoms. The second-order valence-electron chi connectivity index (χ2n) is 9.57. The molecule has 1 saturated heterocycles. The van der Waals surface area contributed by atoms with Gasteiger partial charge in [-0.05, 0) is 68.2 Å². The molecule has 7 nitrogen and oxygen atoms in total. The summed E-state index contributed by atoms with van der Waals surface area (Å²) in [5.74, 6) is -0.447. The molecule has 2 aliphatic heterocycles. The van der Waals surface area contributed by atoms with Crippen LogP contribution in [-0.4, -0.2) is 44.3 Å². The molecule has 1 fully saturated rings. The number of hydrogen-bond acceptors (Lipinski definition) is 7. The lowest BCUT2D eigenvalue weighted by molar-refractivity contribution is -0.139. The molecule has 5 rings (SSSR count). The Morgan fingerprint density at radius 2 is 1.78 bits per heavy atom. The zero-order chi connectivity index (χ0) is 26.1. The molecule has 1 aromatic heterocycles. The SMILES string of the molecule is CCOC(=O)C1=C(C)N=c2s/c(=C/c3ccc(N4CCCC4)cc3)c(=O)n2[C@@H]1c1ccc(N(C)C)cc1. The van der Waals surface area contributed by atoms with Crippen LogP contribution in [0.25, 0.3) is 6.08 Å². The van der Waals surface area contributed by atoms with Gasteiger partial charge in [-0.25, -0.2) is 9.79 Å². The summed E-state index contributed by atoms with van der Waals surface area (Å²) in [7, 11) is 3.95. The van der Waals surface area contributed by atoms with Gasteiger partial charge in [-0.15, -0.1) is 0 Å². The molecule has 1 atom stereocenters. The van der Waals surface area contributed by atoms with Gasteiger partial charge in [0, 0.05) is 38.6 Å². The Bertz CT molecular complexity index is 1510. The van der Waals surface area contributed by atoms with Crippen LogP contribution in [0.3, 0.4) is 0 Å². The number of allylic oxidation sites excluding steroid dienone is 1. The first kappa shape index (κ1) is 25.0. The summed E-state index contributed by atoms with van der Waals surface area (Å²) in [5.41, 5.74) is 4.85. The van der Waals surface area contributed by atoms with E-state index in [9.17, 15) is 9.59 Å². The molecule has 8 heteroatoms. The van der Waals surface area contributed by atoms with Crippen molar-refractivity contribution >= 4 is 34.8 Å². The van der Waals surface area contributed by atoms with Crippen LogP contribution in [0.15, 0.2) is 69.6 Å². The number of benzene rings is 2. The van der Waals surface area contributed by atoms with Crippen LogP contribution in [0, 0.1) is 0 Å². The highest BCUT2D eigenvalue weighted by Crippen LogP contribution is 2.31. The Morgan fingerprint density at radius 3 is 2.41 bits per heavy atom. The summed E-state index contributed by atoms with van der Waals surface area (Å²) in [6, 6.07) is 15.6. The minimum atomic E-state index is -0.605. The maximum absolute atomic E-state index is 13.8. The summed E-state index contributed by atoms with van der Waals surface area (Å²) < 4.78 is 7.61. The van der Waals surface area contributed by atoms with Gasteiger partial charge in [-0.1, -0.05) is 35.6 Å². The van der Waals surface area contributed by atoms with E-state index in [2.05, 4.69) is 34.2 Å². The number of carbonyl (C=O) groups is 1. The third kappa shape index (κ3) is 4.85. The second-order valence-corrected chi connectivity index (χ2v) is 10.6. The highest BCUT2D eigenvalue weighted by Gasteiger charge is 2.33. The zero-order valence-electron chi connectivity index (χ0n) is 21.7. The minimum absolute atomic E-state index is 0.164. The third-order valence-electron chi connectivity index (χ3n) is 6.90. The minimum Gasteiger partial charge on any atom is -0.463 e. The van der Waals surface area contributed by atoms with Crippen molar-refractivity contribution in [1.29, 1.82) is 0 Å². The molecular weight excluding hydrogens is 484 g/mol. The number of thiazole rings is 1. The highest BCUT2D eigenvalue weighted by atomic mass is 32.1. The number of nitrogens with zero attached hydrogens (tertiary/aromatic N) is 4.